The molecule has 0 saturated carbocycles. The van der Waals surface area contributed by atoms with Crippen molar-refractivity contribution in [3.63, 3.8) is 0 Å². The van der Waals surface area contributed by atoms with Crippen LogP contribution in [0.2, 0.25) is 0 Å². The molecule has 28 heavy (non-hydrogen) atoms. The van der Waals surface area contributed by atoms with Crippen molar-refractivity contribution in [3.05, 3.63) is 59.9 Å². The van der Waals surface area contributed by atoms with E-state index in [1.165, 1.54) is 17.0 Å². The third-order valence-electron chi connectivity index (χ3n) is 4.66. The molecule has 0 aliphatic carbocycles. The predicted molar refractivity (Wildman–Crippen MR) is 102 cm³/mol. The average Bonchev–Trinajstić information content (AvgIpc) is 2.67. The SMILES string of the molecule is COc1ccc(CCNC(=O)C2CN(C(=O)COc3ccccc3F)C2)cc1. The fourth-order valence-electron chi connectivity index (χ4n) is 2.91. The lowest BCUT2D eigenvalue weighted by atomic mass is 9.99. The first-order valence-corrected chi connectivity index (χ1v) is 9.12. The van der Waals surface area contributed by atoms with E-state index in [1.54, 1.807) is 19.2 Å². The quantitative estimate of drug-likeness (QED) is 0.754. The Hall–Kier alpha value is -3.09. The number of nitrogens with one attached hydrogen (secondary N) is 1. The molecule has 2 amide bonds. The normalized spacial score (nSPS) is 13.6. The number of methoxy groups -OCH3 is 1. The molecule has 0 bridgehead atoms. The van der Waals surface area contributed by atoms with Crippen molar-refractivity contribution in [2.45, 2.75) is 6.42 Å². The largest absolute Gasteiger partial charge is 0.497 e. The van der Waals surface area contributed by atoms with E-state index in [0.717, 1.165) is 17.7 Å². The zero-order valence-electron chi connectivity index (χ0n) is 15.7. The van der Waals surface area contributed by atoms with Gasteiger partial charge in [-0.25, -0.2) is 4.39 Å². The molecule has 1 N–H and O–H groups in total. The Labute approximate surface area is 163 Å². The van der Waals surface area contributed by atoms with Gasteiger partial charge in [-0.3, -0.25) is 9.59 Å². The summed E-state index contributed by atoms with van der Waals surface area (Å²) < 4.78 is 23.8. The minimum absolute atomic E-state index is 0.0456. The van der Waals surface area contributed by atoms with Crippen LogP contribution in [0, 0.1) is 11.7 Å². The molecule has 3 rings (SSSR count). The van der Waals surface area contributed by atoms with E-state index in [2.05, 4.69) is 5.32 Å². The van der Waals surface area contributed by atoms with Gasteiger partial charge in [-0.05, 0) is 36.2 Å². The van der Waals surface area contributed by atoms with E-state index in [1.807, 2.05) is 24.3 Å². The lowest BCUT2D eigenvalue weighted by Crippen LogP contribution is -2.56. The number of likely N-dealkylation sites (tertiary alicyclic amines) is 1. The highest BCUT2D eigenvalue weighted by atomic mass is 19.1. The summed E-state index contributed by atoms with van der Waals surface area (Å²) >= 11 is 0. The zero-order valence-corrected chi connectivity index (χ0v) is 15.7. The number of carbonyl (C=O) groups is 2. The first-order chi connectivity index (χ1) is 13.6. The van der Waals surface area contributed by atoms with E-state index in [9.17, 15) is 14.0 Å². The van der Waals surface area contributed by atoms with Crippen LogP contribution in [0.25, 0.3) is 0 Å². The van der Waals surface area contributed by atoms with Gasteiger partial charge in [0.15, 0.2) is 18.2 Å². The molecule has 0 spiro atoms. The molecule has 1 fully saturated rings. The Morgan fingerprint density at radius 3 is 2.54 bits per heavy atom. The molecule has 1 heterocycles. The van der Waals surface area contributed by atoms with Gasteiger partial charge in [0.25, 0.3) is 5.91 Å². The Morgan fingerprint density at radius 1 is 1.14 bits per heavy atom. The van der Waals surface area contributed by atoms with Gasteiger partial charge in [0.1, 0.15) is 5.75 Å². The summed E-state index contributed by atoms with van der Waals surface area (Å²) in [6.45, 7) is 1.00. The van der Waals surface area contributed by atoms with Gasteiger partial charge in [-0.15, -0.1) is 0 Å². The second-order valence-electron chi connectivity index (χ2n) is 6.60. The van der Waals surface area contributed by atoms with Gasteiger partial charge >= 0.3 is 0 Å². The van der Waals surface area contributed by atoms with Gasteiger partial charge in [-0.2, -0.15) is 0 Å². The van der Waals surface area contributed by atoms with Gasteiger partial charge in [-0.1, -0.05) is 24.3 Å². The Kier molecular flexibility index (Phi) is 6.47. The number of carbonyl (C=O) groups excluding carboxylic acids is 2. The molecule has 0 radical (unpaired) electrons. The van der Waals surface area contributed by atoms with Crippen LogP contribution in [-0.4, -0.2) is 50.1 Å². The van der Waals surface area contributed by atoms with Gasteiger partial charge in [0.05, 0.1) is 13.0 Å². The molecule has 6 nitrogen and oxygen atoms in total. The lowest BCUT2D eigenvalue weighted by Gasteiger charge is -2.38. The van der Waals surface area contributed by atoms with Crippen LogP contribution < -0.4 is 14.8 Å². The third kappa shape index (κ3) is 5.00. The highest BCUT2D eigenvalue weighted by Gasteiger charge is 2.35. The van der Waals surface area contributed by atoms with E-state index in [0.29, 0.717) is 19.6 Å². The molecule has 7 heteroatoms. The van der Waals surface area contributed by atoms with Crippen molar-refractivity contribution in [2.75, 3.05) is 33.4 Å². The van der Waals surface area contributed by atoms with E-state index in [4.69, 9.17) is 9.47 Å². The van der Waals surface area contributed by atoms with Crippen molar-refractivity contribution in [1.82, 2.24) is 10.2 Å². The zero-order chi connectivity index (χ0) is 19.9. The molecule has 0 unspecified atom stereocenters. The van der Waals surface area contributed by atoms with Crippen molar-refractivity contribution in [3.8, 4) is 11.5 Å². The topological polar surface area (TPSA) is 67.9 Å². The van der Waals surface area contributed by atoms with Crippen LogP contribution >= 0.6 is 0 Å². The summed E-state index contributed by atoms with van der Waals surface area (Å²) in [7, 11) is 1.62. The fourth-order valence-corrected chi connectivity index (χ4v) is 2.91. The summed E-state index contributed by atoms with van der Waals surface area (Å²) in [5, 5.41) is 2.90. The Morgan fingerprint density at radius 2 is 1.86 bits per heavy atom. The van der Waals surface area contributed by atoms with E-state index in [-0.39, 0.29) is 30.1 Å². The second-order valence-corrected chi connectivity index (χ2v) is 6.60. The fraction of sp³-hybridized carbons (Fsp3) is 0.333. The molecule has 1 aliphatic heterocycles. The number of hydrogen-bond acceptors (Lipinski definition) is 4. The first kappa shape index (κ1) is 19.7. The average molecular weight is 386 g/mol. The Balaban J connectivity index is 1.34. The highest BCUT2D eigenvalue weighted by molar-refractivity contribution is 5.85. The lowest BCUT2D eigenvalue weighted by molar-refractivity contribution is -0.144. The maximum atomic E-state index is 13.5. The molecular formula is C21H23FN2O4. The molecule has 1 saturated heterocycles. The minimum atomic E-state index is -0.506. The summed E-state index contributed by atoms with van der Waals surface area (Å²) in [5.41, 5.74) is 1.11. The van der Waals surface area contributed by atoms with Gasteiger partial charge < -0.3 is 19.7 Å². The number of para-hydroxylation sites is 1. The van der Waals surface area contributed by atoms with Crippen molar-refractivity contribution >= 4 is 11.8 Å². The minimum Gasteiger partial charge on any atom is -0.497 e. The summed E-state index contributed by atoms with van der Waals surface area (Å²) in [5.74, 6) is -0.199. The molecule has 2 aromatic rings. The summed E-state index contributed by atoms with van der Waals surface area (Å²) in [4.78, 5) is 25.8. The van der Waals surface area contributed by atoms with Crippen LogP contribution in [-0.2, 0) is 16.0 Å². The second kappa shape index (κ2) is 9.21. The van der Waals surface area contributed by atoms with Gasteiger partial charge in [0, 0.05) is 19.6 Å². The number of nitrogens with zero attached hydrogens (tertiary/aromatic N) is 1. The van der Waals surface area contributed by atoms with Crippen LogP contribution in [0.5, 0.6) is 11.5 Å². The van der Waals surface area contributed by atoms with Crippen molar-refractivity contribution < 1.29 is 23.5 Å². The van der Waals surface area contributed by atoms with Crippen molar-refractivity contribution in [2.24, 2.45) is 5.92 Å². The maximum absolute atomic E-state index is 13.5. The number of ether oxygens (including phenoxy) is 2. The number of rotatable bonds is 8. The predicted octanol–water partition coefficient (Wildman–Crippen LogP) is 2.03. The molecule has 0 atom stereocenters. The molecular weight excluding hydrogens is 363 g/mol. The number of hydrogen-bond donors (Lipinski definition) is 1. The third-order valence-corrected chi connectivity index (χ3v) is 4.66. The van der Waals surface area contributed by atoms with E-state index < -0.39 is 5.82 Å². The highest BCUT2D eigenvalue weighted by Crippen LogP contribution is 2.18. The van der Waals surface area contributed by atoms with Crippen LogP contribution in [0.3, 0.4) is 0 Å². The molecule has 148 valence electrons. The first-order valence-electron chi connectivity index (χ1n) is 9.12. The van der Waals surface area contributed by atoms with Crippen LogP contribution in [0.4, 0.5) is 4.39 Å². The standard InChI is InChI=1S/C21H23FN2O4/c1-27-17-8-6-15(7-9-17)10-11-23-21(26)16-12-24(13-16)20(25)14-28-19-5-3-2-4-18(19)22/h2-9,16H,10-14H2,1H3,(H,23,26). The maximum Gasteiger partial charge on any atom is 0.260 e. The van der Waals surface area contributed by atoms with Crippen molar-refractivity contribution in [1.29, 1.82) is 0 Å². The summed E-state index contributed by atoms with van der Waals surface area (Å²) in [6.07, 6.45) is 0.724. The molecule has 0 aromatic heterocycles. The van der Waals surface area contributed by atoms with Crippen LogP contribution in [0.1, 0.15) is 5.56 Å². The smallest absolute Gasteiger partial charge is 0.260 e. The molecule has 1 aliphatic rings. The van der Waals surface area contributed by atoms with Gasteiger partial charge in [0.2, 0.25) is 5.91 Å². The number of benzene rings is 2. The number of amides is 2. The number of halogens is 1. The van der Waals surface area contributed by atoms with E-state index >= 15 is 0 Å². The monoisotopic (exact) mass is 386 g/mol. The summed E-state index contributed by atoms with van der Waals surface area (Å²) in [6, 6.07) is 13.6. The molecule has 2 aromatic carbocycles. The Bertz CT molecular complexity index is 819. The van der Waals surface area contributed by atoms with Crippen LogP contribution in [0.15, 0.2) is 48.5 Å².